The molecule has 2 heterocycles. The molecule has 4 atom stereocenters. The molecule has 2 saturated heterocycles. The van der Waals surface area contributed by atoms with E-state index < -0.39 is 41.2 Å². The molecule has 4 rings (SSSR count). The van der Waals surface area contributed by atoms with Crippen molar-refractivity contribution >= 4 is 29.4 Å². The number of benzene rings is 2. The minimum atomic E-state index is -1.66. The standard InChI is InChI=1S/C21H19ClN2O5/c1-21(20(28)29)16-15(17(23-21)13-9-12(22)7-8-14(13)25)18(26)24(19(16)27)10-11-5-3-2-4-6-11/h2-9,15-17,23,25H,10H2,1H3,(H,28,29). The van der Waals surface area contributed by atoms with Crippen LogP contribution >= 0.6 is 11.6 Å². The van der Waals surface area contributed by atoms with Gasteiger partial charge in [-0.05, 0) is 30.7 Å². The summed E-state index contributed by atoms with van der Waals surface area (Å²) in [6, 6.07) is 12.5. The number of rotatable bonds is 4. The van der Waals surface area contributed by atoms with Gasteiger partial charge in [0.15, 0.2) is 0 Å². The number of fused-ring (bicyclic) bond motifs is 1. The zero-order valence-corrected chi connectivity index (χ0v) is 16.3. The lowest BCUT2D eigenvalue weighted by Gasteiger charge is -2.27. The molecule has 0 aromatic heterocycles. The number of phenolic OH excluding ortho intramolecular Hbond substituents is 1. The van der Waals surface area contributed by atoms with Crippen LogP contribution in [0.1, 0.15) is 24.1 Å². The van der Waals surface area contributed by atoms with Crippen LogP contribution in [0.4, 0.5) is 0 Å². The Morgan fingerprint density at radius 1 is 1.17 bits per heavy atom. The Kier molecular flexibility index (Phi) is 4.59. The number of halogens is 1. The Morgan fingerprint density at radius 2 is 1.86 bits per heavy atom. The highest BCUT2D eigenvalue weighted by Gasteiger charge is 2.66. The molecule has 0 saturated carbocycles. The van der Waals surface area contributed by atoms with Crippen LogP contribution in [0.25, 0.3) is 0 Å². The number of amides is 2. The number of carboxylic acids is 1. The van der Waals surface area contributed by atoms with Crippen molar-refractivity contribution in [2.45, 2.75) is 25.0 Å². The van der Waals surface area contributed by atoms with Gasteiger partial charge in [0.05, 0.1) is 18.4 Å². The highest BCUT2D eigenvalue weighted by atomic mass is 35.5. The molecule has 0 radical (unpaired) electrons. The fraction of sp³-hybridized carbons (Fsp3) is 0.286. The monoisotopic (exact) mass is 414 g/mol. The molecular weight excluding hydrogens is 396 g/mol. The average Bonchev–Trinajstić information content (AvgIpc) is 3.14. The minimum absolute atomic E-state index is 0.0649. The molecule has 0 aliphatic carbocycles. The van der Waals surface area contributed by atoms with E-state index in [1.807, 2.05) is 6.07 Å². The first kappa shape index (κ1) is 19.4. The molecule has 2 aliphatic rings. The van der Waals surface area contributed by atoms with Crippen molar-refractivity contribution in [3.8, 4) is 5.75 Å². The number of aliphatic carboxylic acids is 1. The number of carbonyl (C=O) groups excluding carboxylic acids is 2. The lowest BCUT2D eigenvalue weighted by molar-refractivity contribution is -0.150. The maximum Gasteiger partial charge on any atom is 0.324 e. The number of aromatic hydroxyl groups is 1. The van der Waals surface area contributed by atoms with Gasteiger partial charge in [-0.3, -0.25) is 24.6 Å². The van der Waals surface area contributed by atoms with Crippen molar-refractivity contribution in [3.63, 3.8) is 0 Å². The maximum absolute atomic E-state index is 13.2. The zero-order valence-electron chi connectivity index (χ0n) is 15.5. The van der Waals surface area contributed by atoms with Crippen molar-refractivity contribution in [3.05, 3.63) is 64.7 Å². The summed E-state index contributed by atoms with van der Waals surface area (Å²) in [4.78, 5) is 39.6. The van der Waals surface area contributed by atoms with Crippen LogP contribution in [0.15, 0.2) is 48.5 Å². The molecule has 2 aromatic carbocycles. The molecule has 0 bridgehead atoms. The molecule has 150 valence electrons. The lowest BCUT2D eigenvalue weighted by Crippen LogP contribution is -2.53. The van der Waals surface area contributed by atoms with Crippen LogP contribution in [-0.2, 0) is 20.9 Å². The van der Waals surface area contributed by atoms with Crippen LogP contribution in [0.5, 0.6) is 5.75 Å². The van der Waals surface area contributed by atoms with E-state index in [2.05, 4.69) is 5.32 Å². The van der Waals surface area contributed by atoms with Crippen LogP contribution in [-0.4, -0.2) is 38.4 Å². The molecule has 2 fully saturated rings. The third kappa shape index (κ3) is 2.97. The molecule has 7 nitrogen and oxygen atoms in total. The van der Waals surface area contributed by atoms with E-state index in [1.165, 1.54) is 25.1 Å². The topological polar surface area (TPSA) is 107 Å². The summed E-state index contributed by atoms with van der Waals surface area (Å²) in [5.74, 6) is -4.42. The quantitative estimate of drug-likeness (QED) is 0.663. The molecular formula is C21H19ClN2O5. The normalized spacial score (nSPS) is 28.6. The number of nitrogens with one attached hydrogen (secondary N) is 1. The van der Waals surface area contributed by atoms with Gasteiger partial charge in [-0.1, -0.05) is 41.9 Å². The summed E-state index contributed by atoms with van der Waals surface area (Å²) in [5.41, 5.74) is -0.607. The van der Waals surface area contributed by atoms with Crippen molar-refractivity contribution < 1.29 is 24.6 Å². The number of carboxylic acid groups (broad SMARTS) is 1. The summed E-state index contributed by atoms with van der Waals surface area (Å²) < 4.78 is 0. The van der Waals surface area contributed by atoms with Crippen molar-refractivity contribution in [1.82, 2.24) is 10.2 Å². The summed E-state index contributed by atoms with van der Waals surface area (Å²) in [7, 11) is 0. The summed E-state index contributed by atoms with van der Waals surface area (Å²) in [6.07, 6.45) is 0. The van der Waals surface area contributed by atoms with Crippen LogP contribution in [0.2, 0.25) is 5.02 Å². The molecule has 3 N–H and O–H groups in total. The fourth-order valence-electron chi connectivity index (χ4n) is 4.36. The third-order valence-electron chi connectivity index (χ3n) is 5.83. The molecule has 8 heteroatoms. The number of likely N-dealkylation sites (tertiary alicyclic amines) is 1. The fourth-order valence-corrected chi connectivity index (χ4v) is 4.54. The number of nitrogens with zero attached hydrogens (tertiary/aromatic N) is 1. The van der Waals surface area contributed by atoms with Gasteiger partial charge >= 0.3 is 5.97 Å². The largest absolute Gasteiger partial charge is 0.508 e. The first-order valence-corrected chi connectivity index (χ1v) is 9.50. The van der Waals surface area contributed by atoms with Gasteiger partial charge in [-0.2, -0.15) is 0 Å². The zero-order chi connectivity index (χ0) is 20.9. The van der Waals surface area contributed by atoms with Gasteiger partial charge in [0, 0.05) is 16.6 Å². The van der Waals surface area contributed by atoms with E-state index in [4.69, 9.17) is 11.6 Å². The Morgan fingerprint density at radius 3 is 2.52 bits per heavy atom. The second-order valence-corrected chi connectivity index (χ2v) is 8.02. The van der Waals surface area contributed by atoms with Crippen LogP contribution in [0, 0.1) is 11.8 Å². The van der Waals surface area contributed by atoms with E-state index in [9.17, 15) is 24.6 Å². The van der Waals surface area contributed by atoms with Crippen molar-refractivity contribution in [1.29, 1.82) is 0 Å². The van der Waals surface area contributed by atoms with E-state index in [1.54, 1.807) is 24.3 Å². The van der Waals surface area contributed by atoms with Crippen LogP contribution < -0.4 is 5.32 Å². The van der Waals surface area contributed by atoms with E-state index in [0.29, 0.717) is 10.6 Å². The predicted octanol–water partition coefficient (Wildman–Crippen LogP) is 2.33. The van der Waals surface area contributed by atoms with E-state index in [0.717, 1.165) is 10.5 Å². The predicted molar refractivity (Wildman–Crippen MR) is 104 cm³/mol. The Balaban J connectivity index is 1.78. The second-order valence-electron chi connectivity index (χ2n) is 7.58. The van der Waals surface area contributed by atoms with E-state index in [-0.39, 0.29) is 12.3 Å². The highest BCUT2D eigenvalue weighted by Crippen LogP contribution is 2.50. The molecule has 29 heavy (non-hydrogen) atoms. The van der Waals surface area contributed by atoms with Crippen molar-refractivity contribution in [2.24, 2.45) is 11.8 Å². The Bertz CT molecular complexity index is 1010. The lowest BCUT2D eigenvalue weighted by atomic mass is 9.80. The second kappa shape index (κ2) is 6.86. The molecule has 4 unspecified atom stereocenters. The van der Waals surface area contributed by atoms with Crippen molar-refractivity contribution in [2.75, 3.05) is 0 Å². The minimum Gasteiger partial charge on any atom is -0.508 e. The Labute approximate surface area is 171 Å². The molecule has 2 amide bonds. The molecule has 2 aliphatic heterocycles. The smallest absolute Gasteiger partial charge is 0.324 e. The number of imide groups is 1. The summed E-state index contributed by atoms with van der Waals surface area (Å²) >= 11 is 6.06. The number of carbonyl (C=O) groups is 3. The maximum atomic E-state index is 13.2. The number of hydrogen-bond donors (Lipinski definition) is 3. The van der Waals surface area contributed by atoms with E-state index >= 15 is 0 Å². The third-order valence-corrected chi connectivity index (χ3v) is 6.07. The molecule has 2 aromatic rings. The summed E-state index contributed by atoms with van der Waals surface area (Å²) in [6.45, 7) is 1.46. The van der Waals surface area contributed by atoms with Gasteiger partial charge in [0.25, 0.3) is 0 Å². The SMILES string of the molecule is CC1(C(=O)O)NC(c2cc(Cl)ccc2O)C2C(=O)N(Cc3ccccc3)C(=O)C21. The molecule has 0 spiro atoms. The van der Waals surface area contributed by atoms with Gasteiger partial charge < -0.3 is 10.2 Å². The van der Waals surface area contributed by atoms with Gasteiger partial charge in [0.2, 0.25) is 11.8 Å². The first-order valence-electron chi connectivity index (χ1n) is 9.12. The summed E-state index contributed by atoms with van der Waals surface area (Å²) in [5, 5.41) is 23.4. The highest BCUT2D eigenvalue weighted by molar-refractivity contribution is 6.30. The van der Waals surface area contributed by atoms with Gasteiger partial charge in [-0.25, -0.2) is 0 Å². The first-order chi connectivity index (χ1) is 13.7. The van der Waals surface area contributed by atoms with Gasteiger partial charge in [0.1, 0.15) is 11.3 Å². The Hall–Kier alpha value is -2.90. The number of hydrogen-bond acceptors (Lipinski definition) is 5. The van der Waals surface area contributed by atoms with Gasteiger partial charge in [-0.15, -0.1) is 0 Å². The average molecular weight is 415 g/mol. The number of phenols is 1. The van der Waals surface area contributed by atoms with Crippen LogP contribution in [0.3, 0.4) is 0 Å².